The van der Waals surface area contributed by atoms with Crippen LogP contribution in [-0.4, -0.2) is 35.7 Å². The minimum Gasteiger partial charge on any atom is -0.478 e. The summed E-state index contributed by atoms with van der Waals surface area (Å²) in [6.07, 6.45) is 5.22. The molecule has 1 saturated carbocycles. The Labute approximate surface area is 111 Å². The molecule has 1 atom stereocenters. The van der Waals surface area contributed by atoms with Gasteiger partial charge in [-0.1, -0.05) is 12.8 Å². The van der Waals surface area contributed by atoms with Crippen molar-refractivity contribution >= 4 is 16.0 Å². The van der Waals surface area contributed by atoms with Crippen LogP contribution < -0.4 is 4.72 Å². The summed E-state index contributed by atoms with van der Waals surface area (Å²) in [7, 11) is -3.88. The van der Waals surface area contributed by atoms with Crippen molar-refractivity contribution in [1.29, 1.82) is 0 Å². The first-order chi connectivity index (χ1) is 8.92. The van der Waals surface area contributed by atoms with Gasteiger partial charge in [0, 0.05) is 6.04 Å². The number of aromatic carboxylic acids is 1. The van der Waals surface area contributed by atoms with Gasteiger partial charge in [0.25, 0.3) is 10.0 Å². The number of hydrogen-bond acceptors (Lipinski definition) is 4. The molecule has 8 heteroatoms. The molecule has 1 fully saturated rings. The van der Waals surface area contributed by atoms with E-state index in [-0.39, 0.29) is 16.6 Å². The smallest absolute Gasteiger partial charge is 0.340 e. The molecule has 0 aromatic carbocycles. The third-order valence-electron chi connectivity index (χ3n) is 3.55. The fraction of sp³-hybridized carbons (Fsp3) is 0.636. The normalized spacial score (nSPS) is 18.6. The molecule has 0 spiro atoms. The average molecular weight is 287 g/mol. The van der Waals surface area contributed by atoms with E-state index in [1.54, 1.807) is 0 Å². The summed E-state index contributed by atoms with van der Waals surface area (Å²) >= 11 is 0. The number of carboxylic acid groups (broad SMARTS) is 1. The van der Waals surface area contributed by atoms with E-state index in [1.165, 1.54) is 0 Å². The summed E-state index contributed by atoms with van der Waals surface area (Å²) in [5.41, 5.74) is -0.342. The summed E-state index contributed by atoms with van der Waals surface area (Å²) in [4.78, 5) is 10.9. The number of aromatic nitrogens is 2. The number of rotatable bonds is 5. The standard InChI is InChI=1S/C11H17N3O4S/c1-7(8-4-2-3-5-8)14-19(17,18)10-9(11(15)16)6-12-13-10/h6-8,14H,2-5H2,1H3,(H,12,13)(H,15,16). The molecule has 1 aliphatic carbocycles. The van der Waals surface area contributed by atoms with Gasteiger partial charge in [-0.25, -0.2) is 17.9 Å². The highest BCUT2D eigenvalue weighted by atomic mass is 32.2. The Morgan fingerprint density at radius 2 is 2.16 bits per heavy atom. The van der Waals surface area contributed by atoms with Crippen LogP contribution in [0.1, 0.15) is 43.0 Å². The first-order valence-electron chi connectivity index (χ1n) is 6.21. The second-order valence-electron chi connectivity index (χ2n) is 4.87. The molecule has 0 bridgehead atoms. The largest absolute Gasteiger partial charge is 0.478 e. The number of carbonyl (C=O) groups is 1. The number of carboxylic acids is 1. The van der Waals surface area contributed by atoms with E-state index >= 15 is 0 Å². The third kappa shape index (κ3) is 2.95. The van der Waals surface area contributed by atoms with Crippen molar-refractivity contribution in [3.05, 3.63) is 11.8 Å². The van der Waals surface area contributed by atoms with Gasteiger partial charge in [0.05, 0.1) is 6.20 Å². The number of H-pyrrole nitrogens is 1. The van der Waals surface area contributed by atoms with E-state index in [4.69, 9.17) is 5.11 Å². The Bertz CT molecular complexity index is 560. The fourth-order valence-electron chi connectivity index (χ4n) is 2.49. The summed E-state index contributed by atoms with van der Waals surface area (Å²) in [5, 5.41) is 14.3. The van der Waals surface area contributed by atoms with Crippen molar-refractivity contribution in [3.8, 4) is 0 Å². The van der Waals surface area contributed by atoms with Gasteiger partial charge in [0.1, 0.15) is 5.56 Å². The van der Waals surface area contributed by atoms with Crippen molar-refractivity contribution in [2.75, 3.05) is 0 Å². The van der Waals surface area contributed by atoms with Gasteiger partial charge in [-0.2, -0.15) is 5.10 Å². The van der Waals surface area contributed by atoms with E-state index < -0.39 is 16.0 Å². The van der Waals surface area contributed by atoms with Gasteiger partial charge in [0.15, 0.2) is 5.03 Å². The predicted molar refractivity (Wildman–Crippen MR) is 67.3 cm³/mol. The second-order valence-corrected chi connectivity index (χ2v) is 6.52. The quantitative estimate of drug-likeness (QED) is 0.747. The lowest BCUT2D eigenvalue weighted by Crippen LogP contribution is -2.37. The van der Waals surface area contributed by atoms with Crippen molar-refractivity contribution in [1.82, 2.24) is 14.9 Å². The Hall–Kier alpha value is -1.41. The Balaban J connectivity index is 2.17. The van der Waals surface area contributed by atoms with Crippen LogP contribution in [-0.2, 0) is 10.0 Å². The summed E-state index contributed by atoms with van der Waals surface area (Å²) in [6, 6.07) is -0.211. The molecule has 106 valence electrons. The first-order valence-corrected chi connectivity index (χ1v) is 7.69. The highest BCUT2D eigenvalue weighted by Gasteiger charge is 2.30. The lowest BCUT2D eigenvalue weighted by Gasteiger charge is -2.19. The number of aromatic amines is 1. The molecule has 0 amide bonds. The van der Waals surface area contributed by atoms with Crippen molar-refractivity contribution in [3.63, 3.8) is 0 Å². The summed E-state index contributed by atoms with van der Waals surface area (Å²) < 4.78 is 26.8. The minimum atomic E-state index is -3.88. The van der Waals surface area contributed by atoms with Gasteiger partial charge < -0.3 is 5.11 Å². The first kappa shape index (κ1) is 14.0. The van der Waals surface area contributed by atoms with Crippen LogP contribution in [0.4, 0.5) is 0 Å². The molecule has 1 aromatic rings. The lowest BCUT2D eigenvalue weighted by molar-refractivity contribution is 0.0692. The molecule has 19 heavy (non-hydrogen) atoms. The molecule has 1 heterocycles. The summed E-state index contributed by atoms with van der Waals surface area (Å²) in [6.45, 7) is 1.81. The third-order valence-corrected chi connectivity index (χ3v) is 5.08. The average Bonchev–Trinajstić information content (AvgIpc) is 3.00. The highest BCUT2D eigenvalue weighted by molar-refractivity contribution is 7.89. The number of nitrogens with one attached hydrogen (secondary N) is 2. The van der Waals surface area contributed by atoms with Crippen LogP contribution in [0.25, 0.3) is 0 Å². The number of sulfonamides is 1. The van der Waals surface area contributed by atoms with Gasteiger partial charge in [-0.05, 0) is 25.7 Å². The molecular formula is C11H17N3O4S. The van der Waals surface area contributed by atoms with E-state index in [0.29, 0.717) is 5.92 Å². The Kier molecular flexibility index (Phi) is 3.91. The maximum Gasteiger partial charge on any atom is 0.340 e. The zero-order valence-electron chi connectivity index (χ0n) is 10.6. The van der Waals surface area contributed by atoms with Crippen LogP contribution in [0.15, 0.2) is 11.2 Å². The SMILES string of the molecule is CC(NS(=O)(=O)c1[nH]ncc1C(=O)O)C1CCCC1. The van der Waals surface area contributed by atoms with Crippen LogP contribution in [0.2, 0.25) is 0 Å². The maximum atomic E-state index is 12.1. The van der Waals surface area contributed by atoms with Gasteiger partial charge >= 0.3 is 5.97 Å². The van der Waals surface area contributed by atoms with E-state index in [9.17, 15) is 13.2 Å². The van der Waals surface area contributed by atoms with Crippen molar-refractivity contribution in [2.24, 2.45) is 5.92 Å². The van der Waals surface area contributed by atoms with Gasteiger partial charge in [-0.3, -0.25) is 5.10 Å². The Morgan fingerprint density at radius 3 is 2.74 bits per heavy atom. The molecule has 0 saturated heterocycles. The van der Waals surface area contributed by atoms with Crippen LogP contribution in [0.5, 0.6) is 0 Å². The van der Waals surface area contributed by atoms with Crippen LogP contribution in [0, 0.1) is 5.92 Å². The molecule has 3 N–H and O–H groups in total. The van der Waals surface area contributed by atoms with Gasteiger partial charge in [-0.15, -0.1) is 0 Å². The zero-order valence-corrected chi connectivity index (χ0v) is 11.4. The van der Waals surface area contributed by atoms with E-state index in [0.717, 1.165) is 31.9 Å². The van der Waals surface area contributed by atoms with Crippen molar-refractivity contribution in [2.45, 2.75) is 43.7 Å². The monoisotopic (exact) mass is 287 g/mol. The van der Waals surface area contributed by atoms with Crippen LogP contribution >= 0.6 is 0 Å². The predicted octanol–water partition coefficient (Wildman–Crippen LogP) is 0.965. The maximum absolute atomic E-state index is 12.1. The fourth-order valence-corrected chi connectivity index (χ4v) is 3.89. The number of hydrogen-bond donors (Lipinski definition) is 3. The molecule has 0 aliphatic heterocycles. The molecule has 0 radical (unpaired) electrons. The molecule has 2 rings (SSSR count). The Morgan fingerprint density at radius 1 is 1.53 bits per heavy atom. The molecule has 1 aliphatic rings. The number of nitrogens with zero attached hydrogens (tertiary/aromatic N) is 1. The second kappa shape index (κ2) is 5.30. The molecule has 1 aromatic heterocycles. The van der Waals surface area contributed by atoms with Crippen molar-refractivity contribution < 1.29 is 18.3 Å². The highest BCUT2D eigenvalue weighted by Crippen LogP contribution is 2.28. The van der Waals surface area contributed by atoms with Crippen LogP contribution in [0.3, 0.4) is 0 Å². The molecule has 1 unspecified atom stereocenters. The minimum absolute atomic E-state index is 0.211. The topological polar surface area (TPSA) is 112 Å². The van der Waals surface area contributed by atoms with E-state index in [2.05, 4.69) is 14.9 Å². The van der Waals surface area contributed by atoms with Gasteiger partial charge in [0.2, 0.25) is 0 Å². The molecule has 7 nitrogen and oxygen atoms in total. The molecular weight excluding hydrogens is 270 g/mol. The lowest BCUT2D eigenvalue weighted by atomic mass is 10.0. The summed E-state index contributed by atoms with van der Waals surface area (Å²) in [5.74, 6) is -1.01. The van der Waals surface area contributed by atoms with E-state index in [1.807, 2.05) is 6.92 Å². The zero-order chi connectivity index (χ0) is 14.0.